The van der Waals surface area contributed by atoms with Gasteiger partial charge in [-0.25, -0.2) is 15.0 Å². The van der Waals surface area contributed by atoms with Gasteiger partial charge in [-0.05, 0) is 42.8 Å². The highest BCUT2D eigenvalue weighted by Gasteiger charge is 2.32. The van der Waals surface area contributed by atoms with E-state index >= 15 is 0 Å². The molecule has 5 nitrogen and oxygen atoms in total. The van der Waals surface area contributed by atoms with Gasteiger partial charge < -0.3 is 8.98 Å². The van der Waals surface area contributed by atoms with Crippen LogP contribution < -0.4 is 0 Å². The number of hydrogen-bond acceptors (Lipinski definition) is 5. The molecule has 0 N–H and O–H groups in total. The first-order chi connectivity index (χ1) is 28.3. The van der Waals surface area contributed by atoms with E-state index < -0.39 is 0 Å². The molecule has 1 atom stereocenters. The number of furan rings is 1. The molecule has 12 rings (SSSR count). The average Bonchev–Trinajstić information content (AvgIpc) is 3.97. The van der Waals surface area contributed by atoms with Gasteiger partial charge in [0.15, 0.2) is 11.6 Å². The van der Waals surface area contributed by atoms with Crippen LogP contribution in [-0.2, 0) is 0 Å². The summed E-state index contributed by atoms with van der Waals surface area (Å²) in [5, 5.41) is 6.04. The van der Waals surface area contributed by atoms with Gasteiger partial charge in [0, 0.05) is 64.1 Å². The maximum Gasteiger partial charge on any atom is 0.163 e. The molecule has 0 radical (unpaired) electrons. The van der Waals surface area contributed by atoms with Gasteiger partial charge in [0.25, 0.3) is 0 Å². The molecule has 1 aliphatic rings. The van der Waals surface area contributed by atoms with Crippen LogP contribution in [-0.4, -0.2) is 19.5 Å². The molecular formula is C51H32N4OS. The zero-order chi connectivity index (χ0) is 37.5. The predicted octanol–water partition coefficient (Wildman–Crippen LogP) is 13.6. The summed E-state index contributed by atoms with van der Waals surface area (Å²) in [7, 11) is 0. The lowest BCUT2D eigenvalue weighted by Crippen LogP contribution is -2.12. The van der Waals surface area contributed by atoms with Gasteiger partial charge in [-0.2, -0.15) is 0 Å². The molecule has 6 heteroatoms. The summed E-state index contributed by atoms with van der Waals surface area (Å²) in [4.78, 5) is 15.6. The molecule has 0 amide bonds. The van der Waals surface area contributed by atoms with Crippen LogP contribution >= 0.6 is 11.3 Å². The third kappa shape index (κ3) is 4.97. The number of allylic oxidation sites excluding steroid dienone is 1. The minimum atomic E-state index is -0.193. The Kier molecular flexibility index (Phi) is 7.16. The van der Waals surface area contributed by atoms with Crippen molar-refractivity contribution in [2.45, 2.75) is 12.3 Å². The lowest BCUT2D eigenvalue weighted by molar-refractivity contribution is 0.587. The number of thiophene rings is 1. The summed E-state index contributed by atoms with van der Waals surface area (Å²) in [6, 6.07) is 57.7. The number of aromatic nitrogens is 4. The Balaban J connectivity index is 1.18. The zero-order valence-electron chi connectivity index (χ0n) is 30.6. The van der Waals surface area contributed by atoms with E-state index in [1.807, 2.05) is 47.7 Å². The van der Waals surface area contributed by atoms with Crippen molar-refractivity contribution < 1.29 is 4.42 Å². The number of para-hydroxylation sites is 2. The lowest BCUT2D eigenvalue weighted by Gasteiger charge is -2.20. The quantitative estimate of drug-likeness (QED) is 0.176. The number of rotatable bonds is 5. The summed E-state index contributed by atoms with van der Waals surface area (Å²) in [5.74, 6) is 2.68. The highest BCUT2D eigenvalue weighted by Crippen LogP contribution is 2.49. The summed E-state index contributed by atoms with van der Waals surface area (Å²) in [5.41, 5.74) is 9.46. The topological polar surface area (TPSA) is 56.7 Å². The van der Waals surface area contributed by atoms with E-state index in [1.54, 1.807) is 0 Å². The van der Waals surface area contributed by atoms with Crippen molar-refractivity contribution in [3.05, 3.63) is 187 Å². The van der Waals surface area contributed by atoms with Crippen LogP contribution in [0.3, 0.4) is 0 Å². The predicted molar refractivity (Wildman–Crippen MR) is 235 cm³/mol. The smallest absolute Gasteiger partial charge is 0.163 e. The fourth-order valence-electron chi connectivity index (χ4n) is 8.88. The Morgan fingerprint density at radius 2 is 1.16 bits per heavy atom. The van der Waals surface area contributed by atoms with Gasteiger partial charge in [0.05, 0.1) is 22.6 Å². The third-order valence-corrected chi connectivity index (χ3v) is 12.6. The Bertz CT molecular complexity index is 3280. The fraction of sp³-hybridized carbons (Fsp3) is 0.0392. The second kappa shape index (κ2) is 12.7. The Morgan fingerprint density at radius 3 is 1.86 bits per heavy atom. The zero-order valence-corrected chi connectivity index (χ0v) is 31.4. The van der Waals surface area contributed by atoms with Crippen LogP contribution in [0.15, 0.2) is 174 Å². The van der Waals surface area contributed by atoms with E-state index in [1.165, 1.54) is 30.9 Å². The van der Waals surface area contributed by atoms with E-state index in [-0.39, 0.29) is 5.92 Å². The molecule has 0 saturated heterocycles. The molecule has 1 unspecified atom stereocenters. The first-order valence-corrected chi connectivity index (χ1v) is 20.1. The van der Waals surface area contributed by atoms with E-state index in [2.05, 4.69) is 144 Å². The molecule has 0 bridgehead atoms. The fourth-order valence-corrected chi connectivity index (χ4v) is 10.1. The molecule has 4 aromatic heterocycles. The maximum absolute atomic E-state index is 7.18. The summed E-state index contributed by atoms with van der Waals surface area (Å²) < 4.78 is 12.1. The van der Waals surface area contributed by atoms with Crippen molar-refractivity contribution in [2.24, 2.45) is 0 Å². The van der Waals surface area contributed by atoms with E-state index in [0.29, 0.717) is 11.6 Å². The van der Waals surface area contributed by atoms with Gasteiger partial charge in [-0.1, -0.05) is 140 Å². The van der Waals surface area contributed by atoms with E-state index in [4.69, 9.17) is 19.4 Å². The van der Waals surface area contributed by atoms with Crippen molar-refractivity contribution in [2.75, 3.05) is 0 Å². The summed E-state index contributed by atoms with van der Waals surface area (Å²) >= 11 is 1.84. The second-order valence-electron chi connectivity index (χ2n) is 14.6. The standard InChI is InChI=1S/C51H32N4OS/c1-3-15-31(16-4-1)49-52-50(32-17-5-2-6-18-32)54-51(53-49)39-24-14-27-43-45(39)46-42(55-40-25-10-7-19-33(40)34-20-8-11-26-41(34)55)30-29-36(47(46)56-43)38-23-13-22-37-35-21-9-12-28-44(35)57-48(37)38/h1-23,25-30,39H,24H2. The second-order valence-corrected chi connectivity index (χ2v) is 15.7. The van der Waals surface area contributed by atoms with E-state index in [9.17, 15) is 0 Å². The molecule has 57 heavy (non-hydrogen) atoms. The Hall–Kier alpha value is -7.15. The first kappa shape index (κ1) is 32.1. The van der Waals surface area contributed by atoms with Gasteiger partial charge >= 0.3 is 0 Å². The molecule has 0 aliphatic heterocycles. The van der Waals surface area contributed by atoms with Crippen LogP contribution in [0.5, 0.6) is 0 Å². The van der Waals surface area contributed by atoms with Crippen LogP contribution in [0.4, 0.5) is 0 Å². The van der Waals surface area contributed by atoms with Crippen molar-refractivity contribution in [1.82, 2.24) is 19.5 Å². The first-order valence-electron chi connectivity index (χ1n) is 19.3. The summed E-state index contributed by atoms with van der Waals surface area (Å²) in [6.07, 6.45) is 5.07. The van der Waals surface area contributed by atoms with Crippen LogP contribution in [0.2, 0.25) is 0 Å². The van der Waals surface area contributed by atoms with Crippen molar-refractivity contribution in [1.29, 1.82) is 0 Å². The van der Waals surface area contributed by atoms with Gasteiger partial charge in [0.2, 0.25) is 0 Å². The third-order valence-electron chi connectivity index (χ3n) is 11.4. The minimum Gasteiger partial charge on any atom is -0.456 e. The van der Waals surface area contributed by atoms with Crippen molar-refractivity contribution in [3.63, 3.8) is 0 Å². The lowest BCUT2D eigenvalue weighted by atomic mass is 9.87. The molecule has 7 aromatic carbocycles. The number of fused-ring (bicyclic) bond motifs is 9. The highest BCUT2D eigenvalue weighted by molar-refractivity contribution is 7.26. The number of nitrogens with zero attached hydrogens (tertiary/aromatic N) is 4. The summed E-state index contributed by atoms with van der Waals surface area (Å²) in [6.45, 7) is 0. The molecule has 1 aliphatic carbocycles. The monoisotopic (exact) mass is 748 g/mol. The largest absolute Gasteiger partial charge is 0.456 e. The van der Waals surface area contributed by atoms with Gasteiger partial charge in [-0.15, -0.1) is 11.3 Å². The highest BCUT2D eigenvalue weighted by atomic mass is 32.1. The molecule has 11 aromatic rings. The van der Waals surface area contributed by atoms with Gasteiger partial charge in [-0.3, -0.25) is 0 Å². The van der Waals surface area contributed by atoms with Crippen molar-refractivity contribution in [3.8, 4) is 39.6 Å². The minimum absolute atomic E-state index is 0.193. The molecule has 0 saturated carbocycles. The Labute approximate surface area is 331 Å². The van der Waals surface area contributed by atoms with E-state index in [0.717, 1.165) is 73.5 Å². The molecule has 4 heterocycles. The van der Waals surface area contributed by atoms with Crippen LogP contribution in [0, 0.1) is 0 Å². The maximum atomic E-state index is 7.18. The molecule has 268 valence electrons. The van der Waals surface area contributed by atoms with Crippen molar-refractivity contribution >= 4 is 70.4 Å². The number of benzene rings is 7. The normalized spacial score (nSPS) is 14.0. The molecule has 0 fully saturated rings. The molecular weight excluding hydrogens is 717 g/mol. The Morgan fingerprint density at radius 1 is 0.544 bits per heavy atom. The number of hydrogen-bond donors (Lipinski definition) is 0. The average molecular weight is 749 g/mol. The van der Waals surface area contributed by atoms with Crippen LogP contribution in [0.25, 0.3) is 98.6 Å². The molecule has 0 spiro atoms. The van der Waals surface area contributed by atoms with Crippen LogP contribution in [0.1, 0.15) is 29.5 Å². The van der Waals surface area contributed by atoms with Gasteiger partial charge in [0.1, 0.15) is 17.2 Å². The SMILES string of the molecule is C1=Cc2oc3c(-c4cccc5c4sc4ccccc45)ccc(-n4c5ccccc5c5ccccc54)c3c2C(c2nc(-c3ccccc3)nc(-c3ccccc3)n2)C1.